The Kier molecular flexibility index (Phi) is 5.82. The molecule has 2 aromatic carbocycles. The summed E-state index contributed by atoms with van der Waals surface area (Å²) in [6, 6.07) is 11.5. The first-order valence-corrected chi connectivity index (χ1v) is 10.3. The Labute approximate surface area is 159 Å². The van der Waals surface area contributed by atoms with Gasteiger partial charge in [0.05, 0.1) is 16.6 Å². The quantitative estimate of drug-likeness (QED) is 0.766. The van der Waals surface area contributed by atoms with E-state index < -0.39 is 16.0 Å². The number of hydrogen-bond donors (Lipinski definition) is 1. The van der Waals surface area contributed by atoms with E-state index in [2.05, 4.69) is 4.72 Å². The second-order valence-corrected chi connectivity index (χ2v) is 8.37. The standard InChI is InChI=1S/C20H23NO5S/c1-14-5-3-6-16(11-14)21-27(23,24)18-9-8-15(2)19(12-18)20(22)26-13-17-7-4-10-25-17/h3,5-6,8-9,11-12,17,21H,4,7,10,13H2,1-2H3/t17-/m0/s1. The van der Waals surface area contributed by atoms with Crippen molar-refractivity contribution in [2.75, 3.05) is 17.9 Å². The molecular formula is C20H23NO5S. The third-order valence-electron chi connectivity index (χ3n) is 4.43. The van der Waals surface area contributed by atoms with Crippen molar-refractivity contribution in [3.05, 3.63) is 59.2 Å². The minimum atomic E-state index is -3.82. The molecule has 1 heterocycles. The number of sulfonamides is 1. The zero-order valence-electron chi connectivity index (χ0n) is 15.4. The third kappa shape index (κ3) is 4.87. The number of ether oxygens (including phenoxy) is 2. The SMILES string of the molecule is Cc1cccc(NS(=O)(=O)c2ccc(C)c(C(=O)OC[C@@H]3CCCO3)c2)c1. The van der Waals surface area contributed by atoms with Crippen molar-refractivity contribution in [3.8, 4) is 0 Å². The smallest absolute Gasteiger partial charge is 0.338 e. The van der Waals surface area contributed by atoms with E-state index in [0.717, 1.165) is 18.4 Å². The van der Waals surface area contributed by atoms with E-state index in [1.807, 2.05) is 13.0 Å². The highest BCUT2D eigenvalue weighted by Gasteiger charge is 2.21. The van der Waals surface area contributed by atoms with Crippen molar-refractivity contribution < 1.29 is 22.7 Å². The van der Waals surface area contributed by atoms with Gasteiger partial charge in [-0.25, -0.2) is 13.2 Å². The molecule has 27 heavy (non-hydrogen) atoms. The molecule has 0 unspecified atom stereocenters. The predicted molar refractivity (Wildman–Crippen MR) is 102 cm³/mol. The van der Waals surface area contributed by atoms with Crippen molar-refractivity contribution in [1.82, 2.24) is 0 Å². The number of esters is 1. The second-order valence-electron chi connectivity index (χ2n) is 6.69. The van der Waals surface area contributed by atoms with Crippen LogP contribution in [0, 0.1) is 13.8 Å². The Hall–Kier alpha value is -2.38. The Bertz CT molecular complexity index is 933. The molecule has 2 aromatic rings. The molecule has 0 aromatic heterocycles. The van der Waals surface area contributed by atoms with Gasteiger partial charge in [0.25, 0.3) is 10.0 Å². The number of carbonyl (C=O) groups excluding carboxylic acids is 1. The van der Waals surface area contributed by atoms with Gasteiger partial charge in [0.15, 0.2) is 0 Å². The van der Waals surface area contributed by atoms with Gasteiger partial charge in [0.1, 0.15) is 6.61 Å². The molecule has 1 saturated heterocycles. The Morgan fingerprint density at radius 3 is 2.74 bits per heavy atom. The summed E-state index contributed by atoms with van der Waals surface area (Å²) >= 11 is 0. The molecule has 0 radical (unpaired) electrons. The van der Waals surface area contributed by atoms with Gasteiger partial charge in [-0.05, 0) is 62.1 Å². The van der Waals surface area contributed by atoms with Crippen molar-refractivity contribution >= 4 is 21.7 Å². The van der Waals surface area contributed by atoms with Crippen LogP contribution in [0.5, 0.6) is 0 Å². The van der Waals surface area contributed by atoms with Crippen molar-refractivity contribution in [2.24, 2.45) is 0 Å². The predicted octanol–water partition coefficient (Wildman–Crippen LogP) is 3.44. The van der Waals surface area contributed by atoms with E-state index in [1.54, 1.807) is 31.2 Å². The molecule has 0 saturated carbocycles. The average Bonchev–Trinajstić information content (AvgIpc) is 3.13. The van der Waals surface area contributed by atoms with Crippen LogP contribution in [-0.4, -0.2) is 33.7 Å². The summed E-state index contributed by atoms with van der Waals surface area (Å²) in [5.74, 6) is -0.546. The average molecular weight is 389 g/mol. The first kappa shape index (κ1) is 19.4. The van der Waals surface area contributed by atoms with Gasteiger partial charge in [0.2, 0.25) is 0 Å². The lowest BCUT2D eigenvalue weighted by molar-refractivity contribution is 0.0160. The molecule has 1 fully saturated rings. The number of anilines is 1. The highest BCUT2D eigenvalue weighted by Crippen LogP contribution is 2.21. The van der Waals surface area contributed by atoms with E-state index in [-0.39, 0.29) is 23.2 Å². The Morgan fingerprint density at radius 1 is 1.22 bits per heavy atom. The molecule has 1 atom stereocenters. The van der Waals surface area contributed by atoms with Crippen LogP contribution in [-0.2, 0) is 19.5 Å². The van der Waals surface area contributed by atoms with Gasteiger partial charge in [-0.3, -0.25) is 4.72 Å². The van der Waals surface area contributed by atoms with Crippen LogP contribution in [0.15, 0.2) is 47.4 Å². The zero-order valence-corrected chi connectivity index (χ0v) is 16.2. The Morgan fingerprint density at radius 2 is 2.04 bits per heavy atom. The number of carbonyl (C=O) groups is 1. The summed E-state index contributed by atoms with van der Waals surface area (Å²) in [6.45, 7) is 4.48. The molecule has 0 bridgehead atoms. The monoisotopic (exact) mass is 389 g/mol. The highest BCUT2D eigenvalue weighted by molar-refractivity contribution is 7.92. The van der Waals surface area contributed by atoms with Gasteiger partial charge in [0, 0.05) is 12.3 Å². The summed E-state index contributed by atoms with van der Waals surface area (Å²) in [5.41, 5.74) is 2.30. The summed E-state index contributed by atoms with van der Waals surface area (Å²) in [7, 11) is -3.82. The summed E-state index contributed by atoms with van der Waals surface area (Å²) in [5, 5.41) is 0. The van der Waals surface area contributed by atoms with Crippen LogP contribution < -0.4 is 4.72 Å². The van der Waals surface area contributed by atoms with Crippen LogP contribution >= 0.6 is 0 Å². The number of benzene rings is 2. The largest absolute Gasteiger partial charge is 0.459 e. The first-order valence-electron chi connectivity index (χ1n) is 8.84. The molecule has 6 nitrogen and oxygen atoms in total. The fraction of sp³-hybridized carbons (Fsp3) is 0.350. The molecule has 0 spiro atoms. The minimum Gasteiger partial charge on any atom is -0.459 e. The Balaban J connectivity index is 1.77. The van der Waals surface area contributed by atoms with E-state index in [4.69, 9.17) is 9.47 Å². The molecule has 0 amide bonds. The first-order chi connectivity index (χ1) is 12.8. The summed E-state index contributed by atoms with van der Waals surface area (Å²) in [6.07, 6.45) is 1.74. The minimum absolute atomic E-state index is 0.0127. The van der Waals surface area contributed by atoms with Crippen LogP contribution in [0.1, 0.15) is 34.3 Å². The summed E-state index contributed by atoms with van der Waals surface area (Å²) in [4.78, 5) is 12.4. The lowest BCUT2D eigenvalue weighted by atomic mass is 10.1. The van der Waals surface area contributed by atoms with E-state index in [9.17, 15) is 13.2 Å². The zero-order chi connectivity index (χ0) is 19.4. The van der Waals surface area contributed by atoms with Gasteiger partial charge in [-0.2, -0.15) is 0 Å². The number of hydrogen-bond acceptors (Lipinski definition) is 5. The van der Waals surface area contributed by atoms with Crippen LogP contribution in [0.4, 0.5) is 5.69 Å². The lowest BCUT2D eigenvalue weighted by Gasteiger charge is -2.13. The number of rotatable bonds is 6. The number of nitrogens with one attached hydrogen (secondary N) is 1. The lowest BCUT2D eigenvalue weighted by Crippen LogP contribution is -2.19. The normalized spacial score (nSPS) is 16.9. The van der Waals surface area contributed by atoms with Crippen molar-refractivity contribution in [1.29, 1.82) is 0 Å². The van der Waals surface area contributed by atoms with Crippen LogP contribution in [0.3, 0.4) is 0 Å². The maximum atomic E-state index is 12.7. The third-order valence-corrected chi connectivity index (χ3v) is 5.81. The molecule has 3 rings (SSSR count). The second kappa shape index (κ2) is 8.10. The van der Waals surface area contributed by atoms with Crippen molar-refractivity contribution in [3.63, 3.8) is 0 Å². The maximum absolute atomic E-state index is 12.7. The fourth-order valence-electron chi connectivity index (χ4n) is 2.93. The molecule has 7 heteroatoms. The highest BCUT2D eigenvalue weighted by atomic mass is 32.2. The summed E-state index contributed by atoms with van der Waals surface area (Å²) < 4.78 is 38.7. The van der Waals surface area contributed by atoms with E-state index in [0.29, 0.717) is 17.9 Å². The van der Waals surface area contributed by atoms with Gasteiger partial charge in [-0.15, -0.1) is 0 Å². The van der Waals surface area contributed by atoms with Crippen LogP contribution in [0.2, 0.25) is 0 Å². The van der Waals surface area contributed by atoms with Crippen molar-refractivity contribution in [2.45, 2.75) is 37.7 Å². The fourth-order valence-corrected chi connectivity index (χ4v) is 4.01. The topological polar surface area (TPSA) is 81.7 Å². The molecular weight excluding hydrogens is 366 g/mol. The molecule has 1 aliphatic rings. The van der Waals surface area contributed by atoms with E-state index >= 15 is 0 Å². The molecule has 0 aliphatic carbocycles. The molecule has 1 N–H and O–H groups in total. The molecule has 144 valence electrons. The van der Waals surface area contributed by atoms with Gasteiger partial charge < -0.3 is 9.47 Å². The van der Waals surface area contributed by atoms with Gasteiger partial charge in [-0.1, -0.05) is 18.2 Å². The maximum Gasteiger partial charge on any atom is 0.338 e. The molecule has 1 aliphatic heterocycles. The van der Waals surface area contributed by atoms with E-state index in [1.165, 1.54) is 12.1 Å². The van der Waals surface area contributed by atoms with Crippen LogP contribution in [0.25, 0.3) is 0 Å². The number of aryl methyl sites for hydroxylation is 2. The van der Waals surface area contributed by atoms with Gasteiger partial charge >= 0.3 is 5.97 Å².